The summed E-state index contributed by atoms with van der Waals surface area (Å²) in [4.78, 5) is 14.6. The van der Waals surface area contributed by atoms with Gasteiger partial charge in [0.1, 0.15) is 5.69 Å². The van der Waals surface area contributed by atoms with E-state index in [1.807, 2.05) is 22.6 Å². The van der Waals surface area contributed by atoms with Crippen molar-refractivity contribution in [3.63, 3.8) is 0 Å². The minimum atomic E-state index is -2.68. The summed E-state index contributed by atoms with van der Waals surface area (Å²) in [5.74, 6) is -0.711. The van der Waals surface area contributed by atoms with Gasteiger partial charge >= 0.3 is 5.97 Å². The zero-order chi connectivity index (χ0) is 10.7. The van der Waals surface area contributed by atoms with Crippen molar-refractivity contribution < 1.29 is 18.3 Å². The SMILES string of the molecule is COC(=O)c1nc(C(F)F)ccc1I. The first-order valence-electron chi connectivity index (χ1n) is 3.59. The molecule has 0 amide bonds. The van der Waals surface area contributed by atoms with Crippen molar-refractivity contribution in [3.05, 3.63) is 27.1 Å². The quantitative estimate of drug-likeness (QED) is 0.622. The van der Waals surface area contributed by atoms with Crippen LogP contribution in [0.25, 0.3) is 0 Å². The van der Waals surface area contributed by atoms with Gasteiger partial charge in [-0.1, -0.05) is 0 Å². The molecule has 76 valence electrons. The summed E-state index contributed by atoms with van der Waals surface area (Å²) in [7, 11) is 1.18. The van der Waals surface area contributed by atoms with Gasteiger partial charge in [-0.2, -0.15) is 0 Å². The maximum Gasteiger partial charge on any atom is 0.357 e. The third-order valence-corrected chi connectivity index (χ3v) is 2.34. The molecule has 6 heteroatoms. The van der Waals surface area contributed by atoms with E-state index in [2.05, 4.69) is 9.72 Å². The number of aromatic nitrogens is 1. The maximum absolute atomic E-state index is 12.2. The van der Waals surface area contributed by atoms with Gasteiger partial charge in [0, 0.05) is 3.57 Å². The van der Waals surface area contributed by atoms with E-state index in [1.165, 1.54) is 19.2 Å². The second-order valence-corrected chi connectivity index (χ2v) is 3.52. The van der Waals surface area contributed by atoms with E-state index in [-0.39, 0.29) is 5.69 Å². The number of nitrogens with zero attached hydrogens (tertiary/aromatic N) is 1. The van der Waals surface area contributed by atoms with Crippen LogP contribution in [0.15, 0.2) is 12.1 Å². The molecule has 0 atom stereocenters. The molecule has 14 heavy (non-hydrogen) atoms. The molecule has 0 aromatic carbocycles. The van der Waals surface area contributed by atoms with Crippen LogP contribution in [0.4, 0.5) is 8.78 Å². The highest BCUT2D eigenvalue weighted by Gasteiger charge is 2.16. The molecule has 1 heterocycles. The van der Waals surface area contributed by atoms with Crippen molar-refractivity contribution in [1.82, 2.24) is 4.98 Å². The third kappa shape index (κ3) is 2.37. The molecule has 0 aliphatic rings. The normalized spacial score (nSPS) is 10.4. The monoisotopic (exact) mass is 313 g/mol. The number of carbonyl (C=O) groups is 1. The molecule has 0 aliphatic heterocycles. The van der Waals surface area contributed by atoms with Crippen molar-refractivity contribution in [2.75, 3.05) is 7.11 Å². The average Bonchev–Trinajstić information content (AvgIpc) is 2.17. The second-order valence-electron chi connectivity index (χ2n) is 2.36. The fourth-order valence-corrected chi connectivity index (χ4v) is 1.34. The van der Waals surface area contributed by atoms with E-state index in [4.69, 9.17) is 0 Å². The molecule has 0 fully saturated rings. The number of methoxy groups -OCH3 is 1. The number of carbonyl (C=O) groups excluding carboxylic acids is 1. The lowest BCUT2D eigenvalue weighted by Crippen LogP contribution is -2.08. The van der Waals surface area contributed by atoms with E-state index in [0.717, 1.165) is 0 Å². The fourth-order valence-electron chi connectivity index (χ4n) is 0.819. The Hall–Kier alpha value is -0.790. The second kappa shape index (κ2) is 4.63. The van der Waals surface area contributed by atoms with Crippen molar-refractivity contribution in [1.29, 1.82) is 0 Å². The maximum atomic E-state index is 12.2. The molecule has 0 unspecified atom stereocenters. The van der Waals surface area contributed by atoms with Crippen molar-refractivity contribution in [2.45, 2.75) is 6.43 Å². The standard InChI is InChI=1S/C8H6F2INO2/c1-14-8(13)6-4(11)2-3-5(12-6)7(9)10/h2-3,7H,1H3. The first-order chi connectivity index (χ1) is 6.56. The Bertz CT molecular complexity index is 357. The van der Waals surface area contributed by atoms with E-state index in [1.54, 1.807) is 0 Å². The van der Waals surface area contributed by atoms with E-state index in [0.29, 0.717) is 3.57 Å². The lowest BCUT2D eigenvalue weighted by Gasteiger charge is -2.04. The highest BCUT2D eigenvalue weighted by Crippen LogP contribution is 2.19. The summed E-state index contributed by atoms with van der Waals surface area (Å²) in [6, 6.07) is 2.58. The number of rotatable bonds is 2. The predicted molar refractivity (Wildman–Crippen MR) is 53.3 cm³/mol. The molecule has 1 aromatic heterocycles. The Morgan fingerprint density at radius 2 is 2.21 bits per heavy atom. The van der Waals surface area contributed by atoms with Gasteiger partial charge < -0.3 is 4.74 Å². The molecule has 1 rings (SSSR count). The van der Waals surface area contributed by atoms with Gasteiger partial charge in [-0.05, 0) is 34.7 Å². The van der Waals surface area contributed by atoms with E-state index >= 15 is 0 Å². The van der Waals surface area contributed by atoms with Gasteiger partial charge in [0.05, 0.1) is 7.11 Å². The van der Waals surface area contributed by atoms with Gasteiger partial charge in [0.2, 0.25) is 0 Å². The van der Waals surface area contributed by atoms with Crippen molar-refractivity contribution in [2.24, 2.45) is 0 Å². The summed E-state index contributed by atoms with van der Waals surface area (Å²) in [5, 5.41) is 0. The third-order valence-electron chi connectivity index (χ3n) is 1.47. The summed E-state index contributed by atoms with van der Waals surface area (Å²) in [6.07, 6.45) is -2.68. The highest BCUT2D eigenvalue weighted by atomic mass is 127. The molecule has 3 nitrogen and oxygen atoms in total. The number of esters is 1. The number of pyridine rings is 1. The topological polar surface area (TPSA) is 39.2 Å². The Kier molecular flexibility index (Phi) is 3.73. The fraction of sp³-hybridized carbons (Fsp3) is 0.250. The van der Waals surface area contributed by atoms with Crippen LogP contribution in [0.1, 0.15) is 22.6 Å². The number of hydrogen-bond acceptors (Lipinski definition) is 3. The molecular formula is C8H6F2INO2. The van der Waals surface area contributed by atoms with Crippen molar-refractivity contribution in [3.8, 4) is 0 Å². The Labute approximate surface area is 92.6 Å². The van der Waals surface area contributed by atoms with Crippen LogP contribution >= 0.6 is 22.6 Å². The minimum Gasteiger partial charge on any atom is -0.464 e. The van der Waals surface area contributed by atoms with Gasteiger partial charge in [0.15, 0.2) is 5.69 Å². The lowest BCUT2D eigenvalue weighted by atomic mass is 10.3. The number of alkyl halides is 2. The van der Waals surface area contributed by atoms with Gasteiger partial charge in [0.25, 0.3) is 6.43 Å². The molecule has 0 N–H and O–H groups in total. The van der Waals surface area contributed by atoms with Crippen LogP contribution in [-0.4, -0.2) is 18.1 Å². The zero-order valence-electron chi connectivity index (χ0n) is 7.13. The van der Waals surface area contributed by atoms with Gasteiger partial charge in [-0.25, -0.2) is 18.6 Å². The molecule has 0 saturated heterocycles. The molecule has 0 radical (unpaired) electrons. The Balaban J connectivity index is 3.15. The highest BCUT2D eigenvalue weighted by molar-refractivity contribution is 14.1. The van der Waals surface area contributed by atoms with Crippen LogP contribution in [-0.2, 0) is 4.74 Å². The predicted octanol–water partition coefficient (Wildman–Crippen LogP) is 2.41. The summed E-state index contributed by atoms with van der Waals surface area (Å²) >= 11 is 1.83. The van der Waals surface area contributed by atoms with Crippen molar-refractivity contribution >= 4 is 28.6 Å². The molecule has 0 bridgehead atoms. The average molecular weight is 313 g/mol. The molecule has 1 aromatic rings. The lowest BCUT2D eigenvalue weighted by molar-refractivity contribution is 0.0591. The van der Waals surface area contributed by atoms with Crippen LogP contribution in [0, 0.1) is 3.57 Å². The number of ether oxygens (including phenoxy) is 1. The molecule has 0 spiro atoms. The number of halogens is 3. The smallest absolute Gasteiger partial charge is 0.357 e. The van der Waals surface area contributed by atoms with Gasteiger partial charge in [-0.15, -0.1) is 0 Å². The van der Waals surface area contributed by atoms with E-state index in [9.17, 15) is 13.6 Å². The van der Waals surface area contributed by atoms with E-state index < -0.39 is 18.1 Å². The Morgan fingerprint density at radius 1 is 1.57 bits per heavy atom. The molecular weight excluding hydrogens is 307 g/mol. The zero-order valence-corrected chi connectivity index (χ0v) is 9.29. The minimum absolute atomic E-state index is 0.0779. The molecule has 0 saturated carbocycles. The van der Waals surface area contributed by atoms with Crippen LogP contribution < -0.4 is 0 Å². The number of hydrogen-bond donors (Lipinski definition) is 0. The summed E-state index contributed by atoms with van der Waals surface area (Å²) in [6.45, 7) is 0. The molecule has 0 aliphatic carbocycles. The first-order valence-corrected chi connectivity index (χ1v) is 4.67. The Morgan fingerprint density at radius 3 is 2.71 bits per heavy atom. The summed E-state index contributed by atoms with van der Waals surface area (Å²) < 4.78 is 29.3. The van der Waals surface area contributed by atoms with Crippen LogP contribution in [0.5, 0.6) is 0 Å². The van der Waals surface area contributed by atoms with Crippen LogP contribution in [0.3, 0.4) is 0 Å². The van der Waals surface area contributed by atoms with Gasteiger partial charge in [-0.3, -0.25) is 0 Å². The largest absolute Gasteiger partial charge is 0.464 e. The van der Waals surface area contributed by atoms with Crippen LogP contribution in [0.2, 0.25) is 0 Å². The summed E-state index contributed by atoms with van der Waals surface area (Å²) in [5.41, 5.74) is -0.503. The first kappa shape index (κ1) is 11.3.